The van der Waals surface area contributed by atoms with Crippen molar-refractivity contribution in [2.75, 3.05) is 25.5 Å². The number of amides is 1. The zero-order chi connectivity index (χ0) is 13.7. The van der Waals surface area contributed by atoms with Crippen molar-refractivity contribution in [2.24, 2.45) is 5.92 Å². The number of rotatable bonds is 5. The smallest absolute Gasteiger partial charge is 0.224 e. The largest absolute Gasteiger partial charge is 0.372 e. The Kier molecular flexibility index (Phi) is 5.16. The molecule has 0 aliphatic rings. The van der Waals surface area contributed by atoms with Crippen LogP contribution in [0.15, 0.2) is 18.2 Å². The molecule has 0 radical (unpaired) electrons. The van der Waals surface area contributed by atoms with Gasteiger partial charge < -0.3 is 10.2 Å². The highest BCUT2D eigenvalue weighted by Gasteiger charge is 2.17. The Morgan fingerprint density at radius 1 is 1.56 bits per heavy atom. The summed E-state index contributed by atoms with van der Waals surface area (Å²) < 4.78 is 0. The van der Waals surface area contributed by atoms with Gasteiger partial charge in [0.1, 0.15) is 0 Å². The third kappa shape index (κ3) is 3.23. The highest BCUT2D eigenvalue weighted by Crippen LogP contribution is 2.28. The number of halogens is 1. The second kappa shape index (κ2) is 6.40. The summed E-state index contributed by atoms with van der Waals surface area (Å²) in [6.45, 7) is 2.32. The Labute approximate surface area is 112 Å². The summed E-state index contributed by atoms with van der Waals surface area (Å²) in [5.74, 6) is -0.225. The summed E-state index contributed by atoms with van der Waals surface area (Å²) in [6, 6.07) is 5.16. The first-order chi connectivity index (χ1) is 8.51. The van der Waals surface area contributed by atoms with Crippen molar-refractivity contribution in [1.82, 2.24) is 5.32 Å². The number of nitrogens with one attached hydrogen (secondary N) is 1. The second-order valence-electron chi connectivity index (χ2n) is 4.19. The van der Waals surface area contributed by atoms with E-state index >= 15 is 0 Å². The predicted molar refractivity (Wildman–Crippen MR) is 73.3 cm³/mol. The fourth-order valence-electron chi connectivity index (χ4n) is 1.86. The molecule has 0 saturated heterocycles. The summed E-state index contributed by atoms with van der Waals surface area (Å²) in [5, 5.41) is 3.10. The van der Waals surface area contributed by atoms with E-state index in [1.807, 2.05) is 18.9 Å². The van der Waals surface area contributed by atoms with Crippen LogP contribution in [0, 0.1) is 5.92 Å². The van der Waals surface area contributed by atoms with Gasteiger partial charge in [0.15, 0.2) is 6.29 Å². The Morgan fingerprint density at radius 3 is 2.78 bits per heavy atom. The quantitative estimate of drug-likeness (QED) is 0.831. The van der Waals surface area contributed by atoms with Gasteiger partial charge in [-0.1, -0.05) is 24.6 Å². The number of para-hydroxylation sites is 1. The minimum absolute atomic E-state index is 0.0402. The molecule has 4 nitrogen and oxygen atoms in total. The fraction of sp³-hybridized carbons (Fsp3) is 0.385. The first kappa shape index (κ1) is 14.5. The molecule has 98 valence electrons. The van der Waals surface area contributed by atoms with E-state index in [1.165, 1.54) is 0 Å². The number of benzene rings is 1. The SMILES string of the molecule is CNC(=O)C(C)CN(C)c1c(Cl)cccc1C=O. The van der Waals surface area contributed by atoms with Gasteiger partial charge in [-0.3, -0.25) is 9.59 Å². The molecule has 1 atom stereocenters. The van der Waals surface area contributed by atoms with E-state index in [2.05, 4.69) is 5.32 Å². The van der Waals surface area contributed by atoms with E-state index in [0.717, 1.165) is 6.29 Å². The molecule has 0 aromatic heterocycles. The lowest BCUT2D eigenvalue weighted by molar-refractivity contribution is -0.123. The maximum Gasteiger partial charge on any atom is 0.224 e. The molecule has 1 amide bonds. The molecule has 0 spiro atoms. The molecule has 18 heavy (non-hydrogen) atoms. The van der Waals surface area contributed by atoms with E-state index < -0.39 is 0 Å². The molecule has 0 saturated carbocycles. The summed E-state index contributed by atoms with van der Waals surface area (Å²) in [5.41, 5.74) is 1.18. The van der Waals surface area contributed by atoms with Crippen molar-refractivity contribution in [2.45, 2.75) is 6.92 Å². The van der Waals surface area contributed by atoms with Gasteiger partial charge in [-0.25, -0.2) is 0 Å². The topological polar surface area (TPSA) is 49.4 Å². The Morgan fingerprint density at radius 2 is 2.22 bits per heavy atom. The van der Waals surface area contributed by atoms with Crippen LogP contribution < -0.4 is 10.2 Å². The van der Waals surface area contributed by atoms with Crippen molar-refractivity contribution in [3.05, 3.63) is 28.8 Å². The molecule has 0 bridgehead atoms. The average molecular weight is 269 g/mol. The lowest BCUT2D eigenvalue weighted by Crippen LogP contribution is -2.34. The number of hydrogen-bond donors (Lipinski definition) is 1. The molecular weight excluding hydrogens is 252 g/mol. The molecule has 0 aliphatic heterocycles. The lowest BCUT2D eigenvalue weighted by Gasteiger charge is -2.24. The van der Waals surface area contributed by atoms with E-state index in [4.69, 9.17) is 11.6 Å². The number of hydrogen-bond acceptors (Lipinski definition) is 3. The molecule has 0 fully saturated rings. The van der Waals surface area contributed by atoms with Crippen LogP contribution in [0.4, 0.5) is 5.69 Å². The number of aldehydes is 1. The maximum atomic E-state index is 11.5. The Bertz CT molecular complexity index is 449. The van der Waals surface area contributed by atoms with Crippen LogP contribution in [-0.4, -0.2) is 32.8 Å². The normalized spacial score (nSPS) is 11.8. The van der Waals surface area contributed by atoms with Gasteiger partial charge >= 0.3 is 0 Å². The van der Waals surface area contributed by atoms with Gasteiger partial charge in [-0.15, -0.1) is 0 Å². The molecule has 1 aromatic rings. The number of nitrogens with zero attached hydrogens (tertiary/aromatic N) is 1. The van der Waals surface area contributed by atoms with Crippen LogP contribution in [0.5, 0.6) is 0 Å². The van der Waals surface area contributed by atoms with Gasteiger partial charge in [0.05, 0.1) is 16.6 Å². The molecule has 0 aliphatic carbocycles. The number of carbonyl (C=O) groups is 2. The van der Waals surface area contributed by atoms with Crippen LogP contribution in [0.3, 0.4) is 0 Å². The van der Waals surface area contributed by atoms with E-state index in [9.17, 15) is 9.59 Å². The summed E-state index contributed by atoms with van der Waals surface area (Å²) in [7, 11) is 3.42. The summed E-state index contributed by atoms with van der Waals surface area (Å²) in [4.78, 5) is 24.3. The zero-order valence-corrected chi connectivity index (χ0v) is 11.5. The monoisotopic (exact) mass is 268 g/mol. The van der Waals surface area contributed by atoms with Gasteiger partial charge in [-0.2, -0.15) is 0 Å². The van der Waals surface area contributed by atoms with Crippen molar-refractivity contribution in [1.29, 1.82) is 0 Å². The van der Waals surface area contributed by atoms with Gasteiger partial charge in [0.25, 0.3) is 0 Å². The highest BCUT2D eigenvalue weighted by molar-refractivity contribution is 6.33. The van der Waals surface area contributed by atoms with Crippen LogP contribution in [0.2, 0.25) is 5.02 Å². The van der Waals surface area contributed by atoms with E-state index in [-0.39, 0.29) is 11.8 Å². The van der Waals surface area contributed by atoms with Crippen molar-refractivity contribution in [3.63, 3.8) is 0 Å². The average Bonchev–Trinajstić information content (AvgIpc) is 2.36. The molecule has 0 heterocycles. The minimum atomic E-state index is -0.184. The molecule has 5 heteroatoms. The van der Waals surface area contributed by atoms with Crippen LogP contribution in [0.25, 0.3) is 0 Å². The maximum absolute atomic E-state index is 11.5. The van der Waals surface area contributed by atoms with Crippen molar-refractivity contribution in [3.8, 4) is 0 Å². The van der Waals surface area contributed by atoms with Gasteiger partial charge in [-0.05, 0) is 12.1 Å². The minimum Gasteiger partial charge on any atom is -0.372 e. The molecule has 1 rings (SSSR count). The predicted octanol–water partition coefficient (Wildman–Crippen LogP) is 1.97. The molecule has 1 N–H and O–H groups in total. The second-order valence-corrected chi connectivity index (χ2v) is 4.60. The van der Waals surface area contributed by atoms with Crippen LogP contribution in [-0.2, 0) is 4.79 Å². The van der Waals surface area contributed by atoms with Crippen LogP contribution in [0.1, 0.15) is 17.3 Å². The van der Waals surface area contributed by atoms with Crippen molar-refractivity contribution >= 4 is 29.5 Å². The lowest BCUT2D eigenvalue weighted by atomic mass is 10.1. The Balaban J connectivity index is 2.93. The van der Waals surface area contributed by atoms with Gasteiger partial charge in [0.2, 0.25) is 5.91 Å². The molecular formula is C13H17ClN2O2. The van der Waals surface area contributed by atoms with Gasteiger partial charge in [0, 0.05) is 26.2 Å². The first-order valence-corrected chi connectivity index (χ1v) is 6.05. The number of anilines is 1. The summed E-state index contributed by atoms with van der Waals surface area (Å²) >= 11 is 6.10. The Hall–Kier alpha value is -1.55. The van der Waals surface area contributed by atoms with Crippen LogP contribution >= 0.6 is 11.6 Å². The third-order valence-electron chi connectivity index (χ3n) is 2.77. The van der Waals surface area contributed by atoms with E-state index in [0.29, 0.717) is 22.8 Å². The van der Waals surface area contributed by atoms with Crippen molar-refractivity contribution < 1.29 is 9.59 Å². The molecule has 1 unspecified atom stereocenters. The summed E-state index contributed by atoms with van der Waals surface area (Å²) in [6.07, 6.45) is 0.766. The number of carbonyl (C=O) groups excluding carboxylic acids is 2. The third-order valence-corrected chi connectivity index (χ3v) is 3.07. The zero-order valence-electron chi connectivity index (χ0n) is 10.7. The first-order valence-electron chi connectivity index (χ1n) is 5.67. The highest BCUT2D eigenvalue weighted by atomic mass is 35.5. The molecule has 1 aromatic carbocycles. The standard InChI is InChI=1S/C13H17ClN2O2/c1-9(13(18)15-2)7-16(3)12-10(8-17)5-4-6-11(12)14/h4-6,8-9H,7H2,1-3H3,(H,15,18). The fourth-order valence-corrected chi connectivity index (χ4v) is 2.19. The van der Waals surface area contributed by atoms with E-state index in [1.54, 1.807) is 25.2 Å².